The van der Waals surface area contributed by atoms with Gasteiger partial charge in [-0.1, -0.05) is 18.2 Å². The highest BCUT2D eigenvalue weighted by molar-refractivity contribution is 5.80. The molecule has 1 aromatic heterocycles. The Balaban J connectivity index is 2.47. The predicted octanol–water partition coefficient (Wildman–Crippen LogP) is 1.96. The minimum absolute atomic E-state index is 0.0555. The lowest BCUT2D eigenvalue weighted by molar-refractivity contribution is 1.27. The molecule has 4 nitrogen and oxygen atoms in total. The second-order valence-electron chi connectivity index (χ2n) is 3.76. The summed E-state index contributed by atoms with van der Waals surface area (Å²) in [5.41, 5.74) is 14.5. The Morgan fingerprint density at radius 3 is 2.71 bits per heavy atom. The van der Waals surface area contributed by atoms with Gasteiger partial charge in [0, 0.05) is 11.8 Å². The summed E-state index contributed by atoms with van der Waals surface area (Å²) in [5.74, 6) is 0.0555. The standard InChI is InChI=1S/C13H14N4/c1-9-4-3-7-16-12(9)10-5-2-6-11(8-10)17-13(14)15/h2-8H,1H3,(H4,14,15,17). The van der Waals surface area contributed by atoms with Gasteiger partial charge in [-0.05, 0) is 30.7 Å². The highest BCUT2D eigenvalue weighted by Crippen LogP contribution is 2.24. The molecule has 0 aliphatic carbocycles. The third-order valence-corrected chi connectivity index (χ3v) is 2.39. The Morgan fingerprint density at radius 2 is 2.00 bits per heavy atom. The van der Waals surface area contributed by atoms with Gasteiger partial charge in [0.05, 0.1) is 11.4 Å². The van der Waals surface area contributed by atoms with Crippen molar-refractivity contribution < 1.29 is 0 Å². The molecule has 4 N–H and O–H groups in total. The van der Waals surface area contributed by atoms with Crippen molar-refractivity contribution in [1.29, 1.82) is 0 Å². The molecular weight excluding hydrogens is 212 g/mol. The molecule has 0 bridgehead atoms. The van der Waals surface area contributed by atoms with Crippen LogP contribution in [0.15, 0.2) is 47.6 Å². The Kier molecular flexibility index (Phi) is 3.05. The van der Waals surface area contributed by atoms with Gasteiger partial charge in [-0.2, -0.15) is 0 Å². The van der Waals surface area contributed by atoms with Crippen LogP contribution in [0.25, 0.3) is 11.3 Å². The van der Waals surface area contributed by atoms with Crippen LogP contribution in [0, 0.1) is 6.92 Å². The first-order chi connectivity index (χ1) is 8.16. The normalized spacial score (nSPS) is 9.94. The fourth-order valence-corrected chi connectivity index (χ4v) is 1.66. The number of aromatic nitrogens is 1. The van der Waals surface area contributed by atoms with E-state index in [1.54, 1.807) is 6.20 Å². The molecule has 17 heavy (non-hydrogen) atoms. The van der Waals surface area contributed by atoms with Crippen LogP contribution < -0.4 is 11.5 Å². The molecule has 1 aromatic carbocycles. The van der Waals surface area contributed by atoms with E-state index in [9.17, 15) is 0 Å². The van der Waals surface area contributed by atoms with E-state index in [0.717, 1.165) is 22.5 Å². The van der Waals surface area contributed by atoms with E-state index in [-0.39, 0.29) is 5.96 Å². The SMILES string of the molecule is Cc1cccnc1-c1cccc(N=C(N)N)c1. The van der Waals surface area contributed by atoms with Crippen molar-refractivity contribution in [3.05, 3.63) is 48.2 Å². The van der Waals surface area contributed by atoms with Crippen LogP contribution in [0.2, 0.25) is 0 Å². The van der Waals surface area contributed by atoms with E-state index in [1.807, 2.05) is 43.3 Å². The molecule has 0 atom stereocenters. The molecule has 0 amide bonds. The molecule has 0 radical (unpaired) electrons. The molecule has 4 heteroatoms. The maximum atomic E-state index is 5.36. The van der Waals surface area contributed by atoms with Gasteiger partial charge in [0.25, 0.3) is 0 Å². The first kappa shape index (κ1) is 11.1. The number of pyridine rings is 1. The minimum Gasteiger partial charge on any atom is -0.370 e. The molecule has 2 aromatic rings. The van der Waals surface area contributed by atoms with Gasteiger partial charge < -0.3 is 11.5 Å². The van der Waals surface area contributed by atoms with Crippen molar-refractivity contribution in [1.82, 2.24) is 4.98 Å². The van der Waals surface area contributed by atoms with Crippen molar-refractivity contribution in [2.45, 2.75) is 6.92 Å². The fraction of sp³-hybridized carbons (Fsp3) is 0.0769. The molecule has 1 heterocycles. The lowest BCUT2D eigenvalue weighted by atomic mass is 10.1. The van der Waals surface area contributed by atoms with Crippen LogP contribution in [-0.2, 0) is 0 Å². The molecule has 0 aliphatic heterocycles. The largest absolute Gasteiger partial charge is 0.370 e. The Morgan fingerprint density at radius 1 is 1.18 bits per heavy atom. The van der Waals surface area contributed by atoms with Crippen LogP contribution in [0.1, 0.15) is 5.56 Å². The zero-order chi connectivity index (χ0) is 12.3. The predicted molar refractivity (Wildman–Crippen MR) is 69.9 cm³/mol. The average molecular weight is 226 g/mol. The minimum atomic E-state index is 0.0555. The summed E-state index contributed by atoms with van der Waals surface area (Å²) in [6.45, 7) is 2.02. The number of guanidine groups is 1. The first-order valence-electron chi connectivity index (χ1n) is 5.28. The highest BCUT2D eigenvalue weighted by Gasteiger charge is 2.03. The number of hydrogen-bond acceptors (Lipinski definition) is 2. The number of benzene rings is 1. The maximum absolute atomic E-state index is 5.36. The smallest absolute Gasteiger partial charge is 0.191 e. The number of rotatable bonds is 2. The van der Waals surface area contributed by atoms with E-state index in [0.29, 0.717) is 0 Å². The van der Waals surface area contributed by atoms with Gasteiger partial charge in [0.2, 0.25) is 0 Å². The van der Waals surface area contributed by atoms with Crippen LogP contribution in [-0.4, -0.2) is 10.9 Å². The van der Waals surface area contributed by atoms with Crippen LogP contribution >= 0.6 is 0 Å². The van der Waals surface area contributed by atoms with E-state index in [2.05, 4.69) is 9.98 Å². The van der Waals surface area contributed by atoms with Crippen molar-refractivity contribution in [3.63, 3.8) is 0 Å². The molecule has 86 valence electrons. The summed E-state index contributed by atoms with van der Waals surface area (Å²) in [4.78, 5) is 8.38. The van der Waals surface area contributed by atoms with E-state index in [1.165, 1.54) is 0 Å². The quantitative estimate of drug-likeness (QED) is 0.607. The molecule has 0 saturated carbocycles. The third kappa shape index (κ3) is 2.60. The average Bonchev–Trinajstić information content (AvgIpc) is 2.29. The van der Waals surface area contributed by atoms with Gasteiger partial charge >= 0.3 is 0 Å². The third-order valence-electron chi connectivity index (χ3n) is 2.39. The summed E-state index contributed by atoms with van der Waals surface area (Å²) in [7, 11) is 0. The maximum Gasteiger partial charge on any atom is 0.191 e. The number of aryl methyl sites for hydroxylation is 1. The van der Waals surface area contributed by atoms with E-state index in [4.69, 9.17) is 11.5 Å². The van der Waals surface area contributed by atoms with E-state index >= 15 is 0 Å². The van der Waals surface area contributed by atoms with Gasteiger partial charge in [0.1, 0.15) is 0 Å². The Bertz CT molecular complexity index is 557. The second kappa shape index (κ2) is 4.65. The fourth-order valence-electron chi connectivity index (χ4n) is 1.66. The Hall–Kier alpha value is -2.36. The van der Waals surface area contributed by atoms with Crippen LogP contribution in [0.4, 0.5) is 5.69 Å². The summed E-state index contributed by atoms with van der Waals surface area (Å²) in [6.07, 6.45) is 1.77. The summed E-state index contributed by atoms with van der Waals surface area (Å²) in [5, 5.41) is 0. The first-order valence-corrected chi connectivity index (χ1v) is 5.28. The topological polar surface area (TPSA) is 77.3 Å². The van der Waals surface area contributed by atoms with Crippen molar-refractivity contribution >= 4 is 11.6 Å². The molecule has 0 spiro atoms. The number of nitrogens with two attached hydrogens (primary N) is 2. The monoisotopic (exact) mass is 226 g/mol. The zero-order valence-corrected chi connectivity index (χ0v) is 9.59. The molecule has 0 fully saturated rings. The van der Waals surface area contributed by atoms with Crippen LogP contribution in [0.5, 0.6) is 0 Å². The second-order valence-corrected chi connectivity index (χ2v) is 3.76. The molecule has 2 rings (SSSR count). The molecule has 0 aliphatic rings. The number of nitrogens with zero attached hydrogens (tertiary/aromatic N) is 2. The van der Waals surface area contributed by atoms with Gasteiger partial charge in [-0.25, -0.2) is 4.99 Å². The van der Waals surface area contributed by atoms with Gasteiger partial charge in [0.15, 0.2) is 5.96 Å². The number of hydrogen-bond donors (Lipinski definition) is 2. The van der Waals surface area contributed by atoms with Gasteiger partial charge in [-0.15, -0.1) is 0 Å². The highest BCUT2D eigenvalue weighted by atomic mass is 15.0. The number of aliphatic imine (C=N–C) groups is 1. The van der Waals surface area contributed by atoms with Crippen molar-refractivity contribution in [2.24, 2.45) is 16.5 Å². The molecule has 0 saturated heterocycles. The zero-order valence-electron chi connectivity index (χ0n) is 9.59. The lowest BCUT2D eigenvalue weighted by Crippen LogP contribution is -2.21. The summed E-state index contributed by atoms with van der Waals surface area (Å²) >= 11 is 0. The van der Waals surface area contributed by atoms with Crippen LogP contribution in [0.3, 0.4) is 0 Å². The Labute approximate surface area is 100 Å². The molecule has 0 unspecified atom stereocenters. The summed E-state index contributed by atoms with van der Waals surface area (Å²) in [6, 6.07) is 11.6. The summed E-state index contributed by atoms with van der Waals surface area (Å²) < 4.78 is 0. The van der Waals surface area contributed by atoms with Crippen molar-refractivity contribution in [3.8, 4) is 11.3 Å². The molecular formula is C13H14N4. The van der Waals surface area contributed by atoms with Crippen molar-refractivity contribution in [2.75, 3.05) is 0 Å². The van der Waals surface area contributed by atoms with Gasteiger partial charge in [-0.3, -0.25) is 4.98 Å². The van der Waals surface area contributed by atoms with E-state index < -0.39 is 0 Å². The lowest BCUT2D eigenvalue weighted by Gasteiger charge is -2.05.